The van der Waals surface area contributed by atoms with E-state index in [-0.39, 0.29) is 24.7 Å². The SMILES string of the molecule is CC.CC(=O)OCc1oc(=O)oc1COC(C)=O. The Hall–Kier alpha value is -2.05. The van der Waals surface area contributed by atoms with E-state index in [0.717, 1.165) is 0 Å². The third kappa shape index (κ3) is 5.88. The molecule has 0 N–H and O–H groups in total. The molecule has 0 aromatic carbocycles. The second-order valence-corrected chi connectivity index (χ2v) is 2.86. The molecule has 1 aromatic heterocycles. The molecule has 1 heterocycles. The lowest BCUT2D eigenvalue weighted by molar-refractivity contribution is -0.144. The van der Waals surface area contributed by atoms with E-state index in [2.05, 4.69) is 18.3 Å². The summed E-state index contributed by atoms with van der Waals surface area (Å²) in [6.45, 7) is 5.95. The maximum Gasteiger partial charge on any atom is 0.519 e. The second kappa shape index (κ2) is 8.10. The summed E-state index contributed by atoms with van der Waals surface area (Å²) in [6, 6.07) is 0. The molecule has 102 valence electrons. The van der Waals surface area contributed by atoms with Crippen LogP contribution in [-0.2, 0) is 32.3 Å². The van der Waals surface area contributed by atoms with Gasteiger partial charge in [0.2, 0.25) is 0 Å². The van der Waals surface area contributed by atoms with Crippen LogP contribution in [0.4, 0.5) is 0 Å². The number of rotatable bonds is 4. The van der Waals surface area contributed by atoms with Gasteiger partial charge in [0.1, 0.15) is 0 Å². The summed E-state index contributed by atoms with van der Waals surface area (Å²) in [7, 11) is 0. The molecule has 0 atom stereocenters. The first-order valence-electron chi connectivity index (χ1n) is 5.37. The highest BCUT2D eigenvalue weighted by Crippen LogP contribution is 2.10. The van der Waals surface area contributed by atoms with Crippen LogP contribution in [0.15, 0.2) is 13.6 Å². The van der Waals surface area contributed by atoms with Crippen LogP contribution >= 0.6 is 0 Å². The van der Waals surface area contributed by atoms with Gasteiger partial charge in [-0.2, -0.15) is 0 Å². The summed E-state index contributed by atoms with van der Waals surface area (Å²) in [4.78, 5) is 31.9. The van der Waals surface area contributed by atoms with E-state index in [1.54, 1.807) is 0 Å². The predicted octanol–water partition coefficient (Wildman–Crippen LogP) is 1.39. The van der Waals surface area contributed by atoms with Gasteiger partial charge in [-0.05, 0) is 0 Å². The Bertz CT molecular complexity index is 402. The van der Waals surface area contributed by atoms with Crippen molar-refractivity contribution in [1.82, 2.24) is 0 Å². The molecule has 0 radical (unpaired) electrons. The average Bonchev–Trinajstić information content (AvgIpc) is 2.67. The highest BCUT2D eigenvalue weighted by atomic mass is 16.6. The van der Waals surface area contributed by atoms with E-state index in [4.69, 9.17) is 0 Å². The zero-order valence-electron chi connectivity index (χ0n) is 10.8. The minimum Gasteiger partial charge on any atom is -0.458 e. The van der Waals surface area contributed by atoms with Crippen molar-refractivity contribution in [3.8, 4) is 0 Å². The maximum absolute atomic E-state index is 10.8. The molecule has 0 bridgehead atoms. The molecule has 0 aliphatic carbocycles. The largest absolute Gasteiger partial charge is 0.519 e. The number of hydrogen-bond acceptors (Lipinski definition) is 7. The van der Waals surface area contributed by atoms with Gasteiger partial charge in [-0.15, -0.1) is 0 Å². The van der Waals surface area contributed by atoms with Crippen LogP contribution in [0.5, 0.6) is 0 Å². The number of esters is 2. The van der Waals surface area contributed by atoms with Gasteiger partial charge in [0.05, 0.1) is 0 Å². The molecule has 0 aliphatic rings. The normalized spacial score (nSPS) is 9.11. The van der Waals surface area contributed by atoms with Crippen molar-refractivity contribution >= 4 is 11.9 Å². The summed E-state index contributed by atoms with van der Waals surface area (Å²) in [5.74, 6) is -1.93. The van der Waals surface area contributed by atoms with E-state index in [1.165, 1.54) is 13.8 Å². The van der Waals surface area contributed by atoms with E-state index in [1.807, 2.05) is 13.8 Å². The predicted molar refractivity (Wildman–Crippen MR) is 59.5 cm³/mol. The third-order valence-electron chi connectivity index (χ3n) is 1.54. The van der Waals surface area contributed by atoms with E-state index in [0.29, 0.717) is 0 Å². The number of carbonyl (C=O) groups is 2. The highest BCUT2D eigenvalue weighted by molar-refractivity contribution is 5.66. The number of carbonyl (C=O) groups excluding carboxylic acids is 2. The second-order valence-electron chi connectivity index (χ2n) is 2.86. The molecule has 7 heteroatoms. The molecule has 0 unspecified atom stereocenters. The van der Waals surface area contributed by atoms with Crippen molar-refractivity contribution in [1.29, 1.82) is 0 Å². The van der Waals surface area contributed by atoms with Gasteiger partial charge in [0.25, 0.3) is 0 Å². The van der Waals surface area contributed by atoms with Crippen LogP contribution in [-0.4, -0.2) is 11.9 Å². The monoisotopic (exact) mass is 260 g/mol. The van der Waals surface area contributed by atoms with Crippen molar-refractivity contribution in [2.45, 2.75) is 40.9 Å². The molecule has 7 nitrogen and oxygen atoms in total. The van der Waals surface area contributed by atoms with Gasteiger partial charge >= 0.3 is 17.8 Å². The van der Waals surface area contributed by atoms with Crippen LogP contribution < -0.4 is 5.82 Å². The Morgan fingerprint density at radius 2 is 1.28 bits per heavy atom. The van der Waals surface area contributed by atoms with Gasteiger partial charge < -0.3 is 18.3 Å². The van der Waals surface area contributed by atoms with Gasteiger partial charge in [0.15, 0.2) is 24.7 Å². The molecule has 0 saturated carbocycles. The Labute approximate surface area is 104 Å². The fraction of sp³-hybridized carbons (Fsp3) is 0.545. The zero-order valence-corrected chi connectivity index (χ0v) is 10.8. The average molecular weight is 260 g/mol. The fourth-order valence-electron chi connectivity index (χ4n) is 0.890. The fourth-order valence-corrected chi connectivity index (χ4v) is 0.890. The van der Waals surface area contributed by atoms with Gasteiger partial charge in [0, 0.05) is 13.8 Å². The summed E-state index contributed by atoms with van der Waals surface area (Å²) in [5, 5.41) is 0. The zero-order chi connectivity index (χ0) is 14.1. The molecule has 0 spiro atoms. The highest BCUT2D eigenvalue weighted by Gasteiger charge is 2.15. The third-order valence-corrected chi connectivity index (χ3v) is 1.54. The van der Waals surface area contributed by atoms with Crippen LogP contribution in [0.3, 0.4) is 0 Å². The topological polar surface area (TPSA) is 96.0 Å². The molecule has 0 saturated heterocycles. The van der Waals surface area contributed by atoms with Crippen LogP contribution in [0.2, 0.25) is 0 Å². The summed E-state index contributed by atoms with van der Waals surface area (Å²) < 4.78 is 18.4. The summed E-state index contributed by atoms with van der Waals surface area (Å²) in [6.07, 6.45) is 0. The Balaban J connectivity index is 0.00000137. The molecule has 0 fully saturated rings. The van der Waals surface area contributed by atoms with Crippen LogP contribution in [0, 0.1) is 0 Å². The Morgan fingerprint density at radius 1 is 0.944 bits per heavy atom. The molecular weight excluding hydrogens is 244 g/mol. The molecule has 0 aliphatic heterocycles. The van der Waals surface area contributed by atoms with E-state index < -0.39 is 17.8 Å². The quantitative estimate of drug-likeness (QED) is 0.754. The lowest BCUT2D eigenvalue weighted by Gasteiger charge is -2.00. The van der Waals surface area contributed by atoms with Crippen molar-refractivity contribution in [3.63, 3.8) is 0 Å². The van der Waals surface area contributed by atoms with Crippen molar-refractivity contribution in [3.05, 3.63) is 22.1 Å². The lowest BCUT2D eigenvalue weighted by atomic mass is 10.4. The Morgan fingerprint density at radius 3 is 1.56 bits per heavy atom. The standard InChI is InChI=1S/C9H10O7.C2H6/c1-5(10)13-3-7-8(4-14-6(2)11)16-9(12)15-7;1-2/h3-4H2,1-2H3;1-2H3. The molecular formula is C11H16O7. The molecule has 0 amide bonds. The first-order chi connectivity index (χ1) is 8.49. The summed E-state index contributed by atoms with van der Waals surface area (Å²) >= 11 is 0. The minimum absolute atomic E-state index is 0.0291. The first kappa shape index (κ1) is 16.0. The number of hydrogen-bond donors (Lipinski definition) is 0. The Kier molecular flexibility index (Phi) is 7.18. The minimum atomic E-state index is -0.940. The molecule has 1 aromatic rings. The van der Waals surface area contributed by atoms with E-state index >= 15 is 0 Å². The lowest BCUT2D eigenvalue weighted by Crippen LogP contribution is -2.03. The van der Waals surface area contributed by atoms with Crippen molar-refractivity contribution in [2.24, 2.45) is 0 Å². The molecule has 1 rings (SSSR count). The molecule has 18 heavy (non-hydrogen) atoms. The van der Waals surface area contributed by atoms with Gasteiger partial charge in [-0.25, -0.2) is 4.79 Å². The van der Waals surface area contributed by atoms with Crippen LogP contribution in [0.1, 0.15) is 39.2 Å². The first-order valence-corrected chi connectivity index (χ1v) is 5.37. The van der Waals surface area contributed by atoms with Crippen molar-refractivity contribution in [2.75, 3.05) is 0 Å². The van der Waals surface area contributed by atoms with E-state index in [9.17, 15) is 14.4 Å². The smallest absolute Gasteiger partial charge is 0.458 e. The summed E-state index contributed by atoms with van der Waals surface area (Å²) in [5.41, 5.74) is 0. The van der Waals surface area contributed by atoms with Gasteiger partial charge in [-0.1, -0.05) is 13.8 Å². The van der Waals surface area contributed by atoms with Gasteiger partial charge in [-0.3, -0.25) is 9.59 Å². The number of ether oxygens (including phenoxy) is 2. The van der Waals surface area contributed by atoms with Crippen molar-refractivity contribution < 1.29 is 27.9 Å². The van der Waals surface area contributed by atoms with Crippen LogP contribution in [0.25, 0.3) is 0 Å². The maximum atomic E-state index is 10.8.